The quantitative estimate of drug-likeness (QED) is 0.842. The van der Waals surface area contributed by atoms with Crippen molar-refractivity contribution in [2.75, 3.05) is 25.0 Å². The second-order valence-electron chi connectivity index (χ2n) is 5.69. The Morgan fingerprint density at radius 1 is 1.38 bits per heavy atom. The van der Waals surface area contributed by atoms with Gasteiger partial charge in [0.05, 0.1) is 6.54 Å². The zero-order valence-corrected chi connectivity index (χ0v) is 12.3. The summed E-state index contributed by atoms with van der Waals surface area (Å²) in [6.07, 6.45) is 1.89. The van der Waals surface area contributed by atoms with Gasteiger partial charge in [-0.3, -0.25) is 14.5 Å². The Morgan fingerprint density at radius 2 is 2.14 bits per heavy atom. The molecule has 1 aliphatic heterocycles. The number of likely N-dealkylation sites (tertiary alicyclic amines) is 1. The van der Waals surface area contributed by atoms with Crippen molar-refractivity contribution in [3.8, 4) is 0 Å². The zero-order valence-electron chi connectivity index (χ0n) is 12.3. The molecule has 0 spiro atoms. The first-order valence-corrected chi connectivity index (χ1v) is 7.34. The molecule has 2 N–H and O–H groups in total. The van der Waals surface area contributed by atoms with Crippen LogP contribution in [0.5, 0.6) is 0 Å². The number of carbonyl (C=O) groups excluding carboxylic acids is 1. The molecule has 1 saturated heterocycles. The summed E-state index contributed by atoms with van der Waals surface area (Å²) in [5.74, 6) is -0.360. The molecule has 1 fully saturated rings. The lowest BCUT2D eigenvalue weighted by molar-refractivity contribution is -0.137. The minimum Gasteiger partial charge on any atom is -0.481 e. The molecule has 5 nitrogen and oxygen atoms in total. The number of carboxylic acids is 1. The first kappa shape index (κ1) is 15.5. The molecule has 0 aromatic heterocycles. The number of nitrogens with zero attached hydrogens (tertiary/aromatic N) is 1. The summed E-state index contributed by atoms with van der Waals surface area (Å²) in [6, 6.07) is 7.71. The Hall–Kier alpha value is -1.88. The van der Waals surface area contributed by atoms with Crippen LogP contribution in [0.4, 0.5) is 5.69 Å². The second-order valence-corrected chi connectivity index (χ2v) is 5.69. The van der Waals surface area contributed by atoms with E-state index in [1.807, 2.05) is 31.2 Å². The van der Waals surface area contributed by atoms with Crippen LogP contribution in [0.15, 0.2) is 24.3 Å². The summed E-state index contributed by atoms with van der Waals surface area (Å²) in [4.78, 5) is 24.7. The number of carbonyl (C=O) groups is 2. The predicted octanol–water partition coefficient (Wildman–Crippen LogP) is 2.12. The topological polar surface area (TPSA) is 69.6 Å². The molecule has 1 aromatic carbocycles. The lowest BCUT2D eigenvalue weighted by atomic mass is 10.0. The number of amides is 1. The number of para-hydroxylation sites is 1. The molecular weight excluding hydrogens is 268 g/mol. The summed E-state index contributed by atoms with van der Waals surface area (Å²) in [5.41, 5.74) is 1.90. The number of hydrogen-bond donors (Lipinski definition) is 2. The van der Waals surface area contributed by atoms with E-state index in [9.17, 15) is 9.59 Å². The molecule has 1 unspecified atom stereocenters. The molecule has 2 rings (SSSR count). The summed E-state index contributed by atoms with van der Waals surface area (Å²) >= 11 is 0. The summed E-state index contributed by atoms with van der Waals surface area (Å²) in [6.45, 7) is 4.02. The normalized spacial score (nSPS) is 18.6. The minimum atomic E-state index is -0.745. The monoisotopic (exact) mass is 290 g/mol. The van der Waals surface area contributed by atoms with E-state index in [1.54, 1.807) is 0 Å². The van der Waals surface area contributed by atoms with Crippen molar-refractivity contribution in [2.45, 2.75) is 26.2 Å². The number of aliphatic carboxylic acids is 1. The molecule has 114 valence electrons. The maximum atomic E-state index is 12.0. The number of benzene rings is 1. The van der Waals surface area contributed by atoms with Crippen molar-refractivity contribution in [3.05, 3.63) is 29.8 Å². The smallest absolute Gasteiger partial charge is 0.303 e. The zero-order chi connectivity index (χ0) is 15.2. The van der Waals surface area contributed by atoms with Crippen LogP contribution in [-0.4, -0.2) is 41.5 Å². The van der Waals surface area contributed by atoms with Gasteiger partial charge in [-0.15, -0.1) is 0 Å². The van der Waals surface area contributed by atoms with Crippen LogP contribution in [0.3, 0.4) is 0 Å². The fraction of sp³-hybridized carbons (Fsp3) is 0.500. The number of rotatable bonds is 6. The van der Waals surface area contributed by atoms with Crippen molar-refractivity contribution in [1.29, 1.82) is 0 Å². The fourth-order valence-corrected chi connectivity index (χ4v) is 2.73. The number of hydrogen-bond acceptors (Lipinski definition) is 3. The Bertz CT molecular complexity index is 516. The summed E-state index contributed by atoms with van der Waals surface area (Å²) < 4.78 is 0. The van der Waals surface area contributed by atoms with E-state index in [-0.39, 0.29) is 12.3 Å². The molecule has 0 radical (unpaired) electrons. The van der Waals surface area contributed by atoms with Crippen LogP contribution in [-0.2, 0) is 9.59 Å². The molecule has 1 heterocycles. The van der Waals surface area contributed by atoms with E-state index in [2.05, 4.69) is 10.2 Å². The third-order valence-electron chi connectivity index (χ3n) is 3.92. The Balaban J connectivity index is 1.76. The van der Waals surface area contributed by atoms with Crippen LogP contribution in [0.1, 0.15) is 24.8 Å². The highest BCUT2D eigenvalue weighted by molar-refractivity contribution is 5.92. The SMILES string of the molecule is Cc1ccccc1NC(=O)CN1CCC(CCC(=O)O)C1. The average Bonchev–Trinajstić information content (AvgIpc) is 2.86. The Kier molecular flexibility index (Phi) is 5.33. The number of anilines is 1. The van der Waals surface area contributed by atoms with Gasteiger partial charge in [0, 0.05) is 18.7 Å². The molecule has 1 amide bonds. The van der Waals surface area contributed by atoms with Crippen molar-refractivity contribution in [1.82, 2.24) is 4.90 Å². The van der Waals surface area contributed by atoms with Gasteiger partial charge in [-0.1, -0.05) is 18.2 Å². The average molecular weight is 290 g/mol. The van der Waals surface area contributed by atoms with Crippen molar-refractivity contribution in [2.24, 2.45) is 5.92 Å². The standard InChI is InChI=1S/C16H22N2O3/c1-12-4-2-3-5-14(12)17-15(19)11-18-9-8-13(10-18)6-7-16(20)21/h2-5,13H,6-11H2,1H3,(H,17,19)(H,20,21). The fourth-order valence-electron chi connectivity index (χ4n) is 2.73. The Morgan fingerprint density at radius 3 is 2.86 bits per heavy atom. The predicted molar refractivity (Wildman–Crippen MR) is 81.2 cm³/mol. The van der Waals surface area contributed by atoms with Gasteiger partial charge in [0.2, 0.25) is 5.91 Å². The van der Waals surface area contributed by atoms with Gasteiger partial charge in [-0.05, 0) is 43.9 Å². The van der Waals surface area contributed by atoms with Crippen molar-refractivity contribution >= 4 is 17.6 Å². The van der Waals surface area contributed by atoms with E-state index in [0.717, 1.165) is 30.8 Å². The van der Waals surface area contributed by atoms with E-state index in [4.69, 9.17) is 5.11 Å². The van der Waals surface area contributed by atoms with Crippen molar-refractivity contribution in [3.63, 3.8) is 0 Å². The molecule has 1 atom stereocenters. The first-order valence-electron chi connectivity index (χ1n) is 7.34. The lowest BCUT2D eigenvalue weighted by Gasteiger charge is -2.16. The van der Waals surface area contributed by atoms with Gasteiger partial charge in [0.15, 0.2) is 0 Å². The van der Waals surface area contributed by atoms with Gasteiger partial charge in [-0.25, -0.2) is 0 Å². The molecular formula is C16H22N2O3. The Labute approximate surface area is 125 Å². The maximum absolute atomic E-state index is 12.0. The van der Waals surface area contributed by atoms with E-state index >= 15 is 0 Å². The molecule has 0 aliphatic carbocycles. The van der Waals surface area contributed by atoms with E-state index < -0.39 is 5.97 Å². The van der Waals surface area contributed by atoms with Gasteiger partial charge < -0.3 is 10.4 Å². The van der Waals surface area contributed by atoms with Crippen LogP contribution in [0, 0.1) is 12.8 Å². The van der Waals surface area contributed by atoms with Gasteiger partial charge in [-0.2, -0.15) is 0 Å². The molecule has 1 aromatic rings. The molecule has 5 heteroatoms. The highest BCUT2D eigenvalue weighted by atomic mass is 16.4. The van der Waals surface area contributed by atoms with Crippen LogP contribution >= 0.6 is 0 Å². The molecule has 0 bridgehead atoms. The van der Waals surface area contributed by atoms with Crippen LogP contribution in [0.2, 0.25) is 0 Å². The summed E-state index contributed by atoms with van der Waals surface area (Å²) in [7, 11) is 0. The highest BCUT2D eigenvalue weighted by Crippen LogP contribution is 2.21. The van der Waals surface area contributed by atoms with Gasteiger partial charge >= 0.3 is 5.97 Å². The largest absolute Gasteiger partial charge is 0.481 e. The number of aryl methyl sites for hydroxylation is 1. The first-order chi connectivity index (χ1) is 10.0. The summed E-state index contributed by atoms with van der Waals surface area (Å²) in [5, 5.41) is 11.6. The van der Waals surface area contributed by atoms with E-state index in [0.29, 0.717) is 18.9 Å². The molecule has 1 aliphatic rings. The van der Waals surface area contributed by atoms with Gasteiger partial charge in [0.1, 0.15) is 0 Å². The van der Waals surface area contributed by atoms with Crippen molar-refractivity contribution < 1.29 is 14.7 Å². The minimum absolute atomic E-state index is 0.0109. The third-order valence-corrected chi connectivity index (χ3v) is 3.92. The van der Waals surface area contributed by atoms with E-state index in [1.165, 1.54) is 0 Å². The maximum Gasteiger partial charge on any atom is 0.303 e. The molecule has 21 heavy (non-hydrogen) atoms. The highest BCUT2D eigenvalue weighted by Gasteiger charge is 2.24. The lowest BCUT2D eigenvalue weighted by Crippen LogP contribution is -2.31. The molecule has 0 saturated carbocycles. The number of nitrogens with one attached hydrogen (secondary N) is 1. The van der Waals surface area contributed by atoms with Crippen LogP contribution < -0.4 is 5.32 Å². The second kappa shape index (κ2) is 7.22. The van der Waals surface area contributed by atoms with Gasteiger partial charge in [0.25, 0.3) is 0 Å². The number of carboxylic acid groups (broad SMARTS) is 1. The third kappa shape index (κ3) is 4.86. The van der Waals surface area contributed by atoms with Crippen LogP contribution in [0.25, 0.3) is 0 Å².